The van der Waals surface area contributed by atoms with Crippen LogP contribution in [0.15, 0.2) is 24.3 Å². The van der Waals surface area contributed by atoms with Gasteiger partial charge in [-0.25, -0.2) is 4.72 Å². The van der Waals surface area contributed by atoms with Crippen molar-refractivity contribution in [2.45, 2.75) is 5.92 Å². The monoisotopic (exact) mass is 317 g/mol. The lowest BCUT2D eigenvalue weighted by molar-refractivity contribution is -0.134. The maximum absolute atomic E-state index is 11.8. The summed E-state index contributed by atoms with van der Waals surface area (Å²) in [6, 6.07) is 7.54. The third kappa shape index (κ3) is 3.69. The van der Waals surface area contributed by atoms with Crippen LogP contribution in [0.25, 0.3) is 0 Å². The van der Waals surface area contributed by atoms with Gasteiger partial charge in [0.2, 0.25) is 5.91 Å². The predicted octanol–water partition coefficient (Wildman–Crippen LogP) is 0.320. The van der Waals surface area contributed by atoms with Gasteiger partial charge in [0, 0.05) is 31.1 Å². The van der Waals surface area contributed by atoms with Crippen LogP contribution in [0.4, 0.5) is 0 Å². The van der Waals surface area contributed by atoms with Gasteiger partial charge in [-0.3, -0.25) is 4.79 Å². The number of amides is 1. The van der Waals surface area contributed by atoms with E-state index in [1.165, 1.54) is 7.05 Å². The minimum absolute atomic E-state index is 0.231. The van der Waals surface area contributed by atoms with Gasteiger partial charge in [-0.1, -0.05) is 23.7 Å². The molecule has 0 atom stereocenters. The van der Waals surface area contributed by atoms with Gasteiger partial charge < -0.3 is 4.90 Å². The molecule has 0 bridgehead atoms. The molecule has 1 heterocycles. The van der Waals surface area contributed by atoms with Gasteiger partial charge in [-0.2, -0.15) is 13.1 Å². The molecule has 1 amide bonds. The first kappa shape index (κ1) is 15.2. The van der Waals surface area contributed by atoms with Gasteiger partial charge in [-0.15, -0.1) is 0 Å². The average molecular weight is 318 g/mol. The molecule has 0 spiro atoms. The Morgan fingerprint density at radius 3 is 2.75 bits per heavy atom. The number of nitrogens with zero attached hydrogens (tertiary/aromatic N) is 1. The Bertz CT molecular complexity index is 600. The molecule has 0 saturated carbocycles. The zero-order chi connectivity index (χ0) is 14.8. The van der Waals surface area contributed by atoms with Gasteiger partial charge in [-0.05, 0) is 17.7 Å². The van der Waals surface area contributed by atoms with Crippen molar-refractivity contribution in [2.24, 2.45) is 0 Å². The summed E-state index contributed by atoms with van der Waals surface area (Å²) in [7, 11) is -2.29. The molecule has 2 N–H and O–H groups in total. The van der Waals surface area contributed by atoms with Crippen LogP contribution < -0.4 is 9.44 Å². The molecule has 0 aromatic heterocycles. The summed E-state index contributed by atoms with van der Waals surface area (Å²) < 4.78 is 26.6. The summed E-state index contributed by atoms with van der Waals surface area (Å²) in [6.45, 7) is 0.937. The second-order valence-electron chi connectivity index (χ2n) is 4.58. The van der Waals surface area contributed by atoms with E-state index in [0.717, 1.165) is 5.56 Å². The van der Waals surface area contributed by atoms with Gasteiger partial charge >= 0.3 is 0 Å². The highest BCUT2D eigenvalue weighted by Crippen LogP contribution is 2.28. The Morgan fingerprint density at radius 2 is 2.15 bits per heavy atom. The molecule has 1 fully saturated rings. The van der Waals surface area contributed by atoms with Crippen LogP contribution in [0.3, 0.4) is 0 Å². The summed E-state index contributed by atoms with van der Waals surface area (Å²) in [5.74, 6) is 0.0284. The summed E-state index contributed by atoms with van der Waals surface area (Å²) in [5, 5.41) is 0.675. The Hall–Kier alpha value is -1.15. The molecule has 2 rings (SSSR count). The largest absolute Gasteiger partial charge is 0.340 e. The second kappa shape index (κ2) is 6.09. The zero-order valence-corrected chi connectivity index (χ0v) is 12.5. The normalized spacial score (nSPS) is 16.0. The molecule has 1 aromatic carbocycles. The molecule has 6 nitrogen and oxygen atoms in total. The maximum Gasteiger partial charge on any atom is 0.277 e. The van der Waals surface area contributed by atoms with Crippen LogP contribution in [0, 0.1) is 0 Å². The van der Waals surface area contributed by atoms with Crippen LogP contribution in [0.1, 0.15) is 11.5 Å². The van der Waals surface area contributed by atoms with E-state index in [1.807, 2.05) is 18.2 Å². The number of benzene rings is 1. The van der Waals surface area contributed by atoms with Crippen molar-refractivity contribution in [1.82, 2.24) is 14.3 Å². The molecule has 0 unspecified atom stereocenters. The fraction of sp³-hybridized carbons (Fsp3) is 0.417. The van der Waals surface area contributed by atoms with Crippen LogP contribution >= 0.6 is 11.6 Å². The molecule has 0 aliphatic carbocycles. The molecule has 20 heavy (non-hydrogen) atoms. The highest BCUT2D eigenvalue weighted by atomic mass is 35.5. The molecule has 1 saturated heterocycles. The number of nitrogens with one attached hydrogen (secondary N) is 2. The summed E-state index contributed by atoms with van der Waals surface area (Å²) >= 11 is 5.92. The van der Waals surface area contributed by atoms with Crippen molar-refractivity contribution in [2.75, 3.05) is 26.7 Å². The van der Waals surface area contributed by atoms with E-state index in [0.29, 0.717) is 18.1 Å². The van der Waals surface area contributed by atoms with Gasteiger partial charge in [0.25, 0.3) is 10.2 Å². The average Bonchev–Trinajstić information content (AvgIpc) is 2.35. The van der Waals surface area contributed by atoms with Crippen molar-refractivity contribution in [1.29, 1.82) is 0 Å². The van der Waals surface area contributed by atoms with E-state index in [-0.39, 0.29) is 18.4 Å². The number of carbonyl (C=O) groups is 1. The Kier molecular flexibility index (Phi) is 4.64. The molecule has 8 heteroatoms. The number of rotatable bonds is 5. The molecule has 110 valence electrons. The SMILES string of the molecule is CNS(=O)(=O)NCC(=O)N1CC(c2cccc(Cl)c2)C1. The molecule has 1 aromatic rings. The van der Waals surface area contributed by atoms with Crippen molar-refractivity contribution >= 4 is 27.7 Å². The fourth-order valence-corrected chi connectivity index (χ4v) is 2.65. The van der Waals surface area contributed by atoms with Crippen molar-refractivity contribution in [3.05, 3.63) is 34.9 Å². The Morgan fingerprint density at radius 1 is 1.45 bits per heavy atom. The lowest BCUT2D eigenvalue weighted by atomic mass is 9.91. The summed E-state index contributed by atoms with van der Waals surface area (Å²) in [5.41, 5.74) is 1.09. The van der Waals surface area contributed by atoms with Gasteiger partial charge in [0.15, 0.2) is 0 Å². The molecular weight excluding hydrogens is 302 g/mol. The predicted molar refractivity (Wildman–Crippen MR) is 76.8 cm³/mol. The first-order chi connectivity index (χ1) is 9.41. The lowest BCUT2D eigenvalue weighted by Crippen LogP contribution is -2.52. The number of hydrogen-bond acceptors (Lipinski definition) is 3. The highest BCUT2D eigenvalue weighted by Gasteiger charge is 2.31. The van der Waals surface area contributed by atoms with Crippen LogP contribution in [0.5, 0.6) is 0 Å². The van der Waals surface area contributed by atoms with Gasteiger partial charge in [0.1, 0.15) is 0 Å². The number of carbonyl (C=O) groups excluding carboxylic acids is 1. The van der Waals surface area contributed by atoms with Crippen molar-refractivity contribution < 1.29 is 13.2 Å². The van der Waals surface area contributed by atoms with E-state index in [1.54, 1.807) is 11.0 Å². The highest BCUT2D eigenvalue weighted by molar-refractivity contribution is 7.87. The quantitative estimate of drug-likeness (QED) is 0.821. The zero-order valence-electron chi connectivity index (χ0n) is 11.0. The van der Waals surface area contributed by atoms with Gasteiger partial charge in [0.05, 0.1) is 6.54 Å². The van der Waals surface area contributed by atoms with E-state index < -0.39 is 10.2 Å². The Balaban J connectivity index is 1.83. The summed E-state index contributed by atoms with van der Waals surface area (Å²) in [4.78, 5) is 13.4. The smallest absolute Gasteiger partial charge is 0.277 e. The standard InChI is InChI=1S/C12H16ClN3O3S/c1-14-20(18,19)15-6-12(17)16-7-10(8-16)9-3-2-4-11(13)5-9/h2-5,10,14-15H,6-8H2,1H3. The fourth-order valence-electron chi connectivity index (χ4n) is 1.99. The lowest BCUT2D eigenvalue weighted by Gasteiger charge is -2.39. The van der Waals surface area contributed by atoms with E-state index >= 15 is 0 Å². The first-order valence-electron chi connectivity index (χ1n) is 6.12. The van der Waals surface area contributed by atoms with E-state index in [4.69, 9.17) is 11.6 Å². The second-order valence-corrected chi connectivity index (χ2v) is 6.72. The maximum atomic E-state index is 11.8. The molecule has 0 radical (unpaired) electrons. The molecular formula is C12H16ClN3O3S. The van der Waals surface area contributed by atoms with Crippen LogP contribution in [-0.2, 0) is 15.0 Å². The first-order valence-corrected chi connectivity index (χ1v) is 7.99. The number of hydrogen-bond donors (Lipinski definition) is 2. The number of halogens is 1. The van der Waals surface area contributed by atoms with Crippen molar-refractivity contribution in [3.63, 3.8) is 0 Å². The van der Waals surface area contributed by atoms with Crippen LogP contribution in [-0.4, -0.2) is 45.9 Å². The number of likely N-dealkylation sites (tertiary alicyclic amines) is 1. The van der Waals surface area contributed by atoms with E-state index in [2.05, 4.69) is 9.44 Å². The summed E-state index contributed by atoms with van der Waals surface area (Å²) in [6.07, 6.45) is 0. The Labute approximate surface area is 123 Å². The minimum Gasteiger partial charge on any atom is -0.340 e. The van der Waals surface area contributed by atoms with E-state index in [9.17, 15) is 13.2 Å². The van der Waals surface area contributed by atoms with Crippen LogP contribution in [0.2, 0.25) is 5.02 Å². The molecule has 1 aliphatic heterocycles. The third-order valence-electron chi connectivity index (χ3n) is 3.24. The third-order valence-corrected chi connectivity index (χ3v) is 4.53. The molecule has 1 aliphatic rings. The topological polar surface area (TPSA) is 78.5 Å². The minimum atomic E-state index is -3.57. The van der Waals surface area contributed by atoms with Crippen molar-refractivity contribution in [3.8, 4) is 0 Å².